The number of ether oxygens (including phenoxy) is 2. The van der Waals surface area contributed by atoms with Crippen LogP contribution in [0.1, 0.15) is 310 Å². The molecule has 7 aromatic rings. The molecule has 2 aromatic carbocycles. The van der Waals surface area contributed by atoms with E-state index in [2.05, 4.69) is 129 Å². The van der Waals surface area contributed by atoms with Crippen molar-refractivity contribution >= 4 is 91.0 Å². The van der Waals surface area contributed by atoms with Gasteiger partial charge in [0.25, 0.3) is 11.4 Å². The Morgan fingerprint density at radius 1 is 0.475 bits per heavy atom. The second-order valence-electron chi connectivity index (χ2n) is 36.9. The normalized spacial score (nSPS) is 13.1. The minimum atomic E-state index is -0.143. The first-order valence-corrected chi connectivity index (χ1v) is 47.0. The molecule has 0 amide bonds. The minimum absolute atomic E-state index is 0.0213. The molecule has 0 aliphatic heterocycles. The molecule has 20 nitrogen and oxygen atoms in total. The molecule has 1 aliphatic carbocycles. The molecule has 1 saturated carbocycles. The van der Waals surface area contributed by atoms with Gasteiger partial charge in [0.15, 0.2) is 27.4 Å². The number of Topliss-reactive ketones (excluding diaryl/α,β-unsaturated/α-hetero) is 8. The number of pyridine rings is 1. The quantitative estimate of drug-likeness (QED) is 0.0305. The van der Waals surface area contributed by atoms with Crippen LogP contribution in [0.3, 0.4) is 0 Å². The van der Waals surface area contributed by atoms with Crippen LogP contribution in [-0.4, -0.2) is 108 Å². The van der Waals surface area contributed by atoms with Crippen molar-refractivity contribution in [2.24, 2.45) is 76.9 Å². The Labute approximate surface area is 746 Å². The van der Waals surface area contributed by atoms with Crippen LogP contribution in [0.15, 0.2) is 99.2 Å². The number of ketones is 8. The zero-order chi connectivity index (χ0) is 93.0. The van der Waals surface area contributed by atoms with Gasteiger partial charge in [-0.3, -0.25) is 43.2 Å². The lowest BCUT2D eigenvalue weighted by molar-refractivity contribution is -0.127. The monoisotopic (exact) mass is 1750 g/mol. The first-order valence-electron chi connectivity index (χ1n) is 44.4. The Balaban J connectivity index is 0.000000698. The topological polar surface area (TPSA) is 278 Å². The molecule has 0 bridgehead atoms. The zero-order valence-electron chi connectivity index (χ0n) is 80.4. The number of nitrogens with one attached hydrogen (secondary N) is 3. The van der Waals surface area contributed by atoms with Gasteiger partial charge < -0.3 is 34.5 Å². The summed E-state index contributed by atoms with van der Waals surface area (Å²) in [7, 11) is 0. The molecular weight excluding hydrogens is 1590 g/mol. The van der Waals surface area contributed by atoms with E-state index in [9.17, 15) is 43.2 Å². The van der Waals surface area contributed by atoms with Crippen LogP contribution < -0.4 is 31.0 Å². The number of hydrogen-bond donors (Lipinski definition) is 3. The maximum absolute atomic E-state index is 12.0. The fraction of sp³-hybridized carbons (Fsp3) is 0.626. The molecule has 0 saturated heterocycles. The molecule has 0 unspecified atom stereocenters. The SMILES string of the molecule is CC(C)Cc1cccc(CC(=O)C(C)C)c1.CC(C)Cc1csc(C(=O)C(C)C)n1.CC(C)Cc1csc(CC(=O)C(C)C)n1.CC(C)NCC1CCC(C(=O)C(C)C)CC1.CC(C)Nc1cccn(CC(=O)C(C)C)c1=O.CC(C)Nc1cnc(C(=O)C(C)C)s1.CC(C)Oc1cc(C(=O)C(C)C)on1.CC(C)Oc1ccc(CC(=O)C(C)C)cc1. The number of nitrogens with zero attached hydrogens (tertiary/aromatic N) is 5. The number of thiazole rings is 3. The van der Waals surface area contributed by atoms with E-state index >= 15 is 0 Å². The van der Waals surface area contributed by atoms with Crippen LogP contribution in [0.25, 0.3) is 0 Å². The van der Waals surface area contributed by atoms with Crippen LogP contribution in [0, 0.1) is 76.9 Å². The molecule has 122 heavy (non-hydrogen) atoms. The fourth-order valence-corrected chi connectivity index (χ4v) is 14.3. The number of rotatable bonds is 37. The summed E-state index contributed by atoms with van der Waals surface area (Å²) in [5, 5.41) is 20.7. The van der Waals surface area contributed by atoms with Gasteiger partial charge in [0.1, 0.15) is 44.6 Å². The summed E-state index contributed by atoms with van der Waals surface area (Å²) in [4.78, 5) is 118. The van der Waals surface area contributed by atoms with Crippen molar-refractivity contribution in [2.75, 3.05) is 17.2 Å². The molecule has 1 fully saturated rings. The van der Waals surface area contributed by atoms with Crippen molar-refractivity contribution in [2.45, 2.75) is 323 Å². The summed E-state index contributed by atoms with van der Waals surface area (Å²) >= 11 is 4.50. The number of carbonyl (C=O) groups excluding carboxylic acids is 8. The summed E-state index contributed by atoms with van der Waals surface area (Å²) in [6, 6.07) is 22.4. The van der Waals surface area contributed by atoms with Crippen molar-refractivity contribution in [3.63, 3.8) is 0 Å². The van der Waals surface area contributed by atoms with Crippen molar-refractivity contribution < 1.29 is 52.4 Å². The largest absolute Gasteiger partial charge is 0.491 e. The first-order chi connectivity index (χ1) is 56.9. The molecule has 1 aliphatic rings. The molecular formula is C99H156N8O12S3. The fourth-order valence-electron chi connectivity index (χ4n) is 11.5. The Morgan fingerprint density at radius 2 is 0.967 bits per heavy atom. The Morgan fingerprint density at radius 3 is 1.45 bits per heavy atom. The highest BCUT2D eigenvalue weighted by Gasteiger charge is 2.28. The van der Waals surface area contributed by atoms with Crippen molar-refractivity contribution in [1.82, 2.24) is 30.0 Å². The first kappa shape index (κ1) is 112. The summed E-state index contributed by atoms with van der Waals surface area (Å²) in [6.07, 6.45) is 12.9. The molecule has 0 atom stereocenters. The number of aromatic nitrogens is 5. The number of benzene rings is 2. The van der Waals surface area contributed by atoms with Gasteiger partial charge in [-0.15, -0.1) is 22.7 Å². The molecule has 3 N–H and O–H groups in total. The standard InChI is InChI=1S/C15H22O.C14H27NO.C14H20O2.C13H20N2O2.C12H19NOS.C11H17NOS.C10H16N2OS.C10H15NO3/c1-11(2)8-13-6-5-7-14(9-13)10-15(16)12(3)4;1-10(2)14(16)13-7-5-12(6-8-13)9-15-11(3)4;1-10(2)14(15)9-12-5-7-13(8-6-12)16-11(3)4;1-9(2)12(16)8-15-7-5-6-11(13(15)17)14-10(3)4;1-8(2)5-10-7-15-12(13-10)6-11(14)9(3)4;1-7(2)5-9-6-14-11(12-9)10(13)8(3)4;1-6(2)9(13)10-11-5-8(14-10)12-7(3)4;1-6(2)10(12)8-5-9(11-14-8)13-7(3)4/h5-7,9,11-12H,8,10H2,1-4H3;10-13,15H,5-9H2,1-4H3;5-8,10-11H,9H2,1-4H3;5-7,9-10,14H,8H2,1-4H3;7-9H,5-6H2,1-4H3;6-8H,5H2,1-4H3;5-7,12H,1-4H3;5-7H,1-4H3. The summed E-state index contributed by atoms with van der Waals surface area (Å²) < 4.78 is 17.1. The summed E-state index contributed by atoms with van der Waals surface area (Å²) in [5.74, 6) is 6.65. The van der Waals surface area contributed by atoms with Gasteiger partial charge in [0.05, 0.1) is 48.8 Å². The number of anilines is 2. The van der Waals surface area contributed by atoms with Crippen LogP contribution >= 0.6 is 34.0 Å². The zero-order valence-corrected chi connectivity index (χ0v) is 82.8. The molecule has 23 heteroatoms. The van der Waals surface area contributed by atoms with Crippen LogP contribution in [0.2, 0.25) is 0 Å². The van der Waals surface area contributed by atoms with E-state index in [4.69, 9.17) is 14.0 Å². The highest BCUT2D eigenvalue weighted by atomic mass is 32.1. The lowest BCUT2D eigenvalue weighted by Gasteiger charge is -2.29. The molecule has 0 radical (unpaired) electrons. The average Bonchev–Trinajstić information content (AvgIpc) is 1.85. The number of hydrogen-bond acceptors (Lipinski definition) is 22. The Hall–Kier alpha value is -7.99. The van der Waals surface area contributed by atoms with Gasteiger partial charge in [0, 0.05) is 101 Å². The van der Waals surface area contributed by atoms with Crippen LogP contribution in [0.4, 0.5) is 10.7 Å². The highest BCUT2D eigenvalue weighted by molar-refractivity contribution is 7.17. The molecule has 8 rings (SSSR count). The predicted octanol–water partition coefficient (Wildman–Crippen LogP) is 23.2. The van der Waals surface area contributed by atoms with E-state index in [1.807, 2.05) is 188 Å². The van der Waals surface area contributed by atoms with E-state index in [1.165, 1.54) is 51.7 Å². The maximum atomic E-state index is 12.0. The van der Waals surface area contributed by atoms with Gasteiger partial charge in [-0.1, -0.05) is 214 Å². The lowest BCUT2D eigenvalue weighted by atomic mass is 9.78. The van der Waals surface area contributed by atoms with E-state index in [0.717, 1.165) is 82.8 Å². The van der Waals surface area contributed by atoms with Crippen molar-refractivity contribution in [1.29, 1.82) is 0 Å². The Bertz CT molecular complexity index is 4080. The van der Waals surface area contributed by atoms with Gasteiger partial charge in [-0.2, -0.15) is 0 Å². The van der Waals surface area contributed by atoms with E-state index in [-0.39, 0.29) is 118 Å². The predicted molar refractivity (Wildman–Crippen MR) is 508 cm³/mol. The maximum Gasteiger partial charge on any atom is 0.274 e. The minimum Gasteiger partial charge on any atom is -0.491 e. The highest BCUT2D eigenvalue weighted by Crippen LogP contribution is 2.31. The van der Waals surface area contributed by atoms with Gasteiger partial charge in [-0.05, 0) is 177 Å². The average molecular weight is 1750 g/mol. The van der Waals surface area contributed by atoms with E-state index < -0.39 is 0 Å². The van der Waals surface area contributed by atoms with Crippen molar-refractivity contribution in [3.05, 3.63) is 149 Å². The van der Waals surface area contributed by atoms with E-state index in [0.29, 0.717) is 88.2 Å². The molecule has 5 aromatic heterocycles. The lowest BCUT2D eigenvalue weighted by Crippen LogP contribution is -2.33. The second-order valence-corrected chi connectivity index (χ2v) is 39.7. The number of carbonyl (C=O) groups is 8. The third-order valence-corrected chi connectivity index (χ3v) is 21.2. The van der Waals surface area contributed by atoms with Gasteiger partial charge in [-0.25, -0.2) is 15.0 Å². The van der Waals surface area contributed by atoms with Gasteiger partial charge in [0.2, 0.25) is 11.5 Å². The third kappa shape index (κ3) is 48.3. The van der Waals surface area contributed by atoms with Crippen LogP contribution in [0.5, 0.6) is 11.6 Å². The summed E-state index contributed by atoms with van der Waals surface area (Å²) in [5.41, 5.74) is 6.11. The van der Waals surface area contributed by atoms with Crippen LogP contribution in [-0.2, 0) is 69.0 Å². The smallest absolute Gasteiger partial charge is 0.274 e. The van der Waals surface area contributed by atoms with Gasteiger partial charge >= 0.3 is 0 Å². The van der Waals surface area contributed by atoms with E-state index in [1.54, 1.807) is 35.9 Å². The second kappa shape index (κ2) is 59.0. The van der Waals surface area contributed by atoms with Crippen molar-refractivity contribution in [3.8, 4) is 11.6 Å². The molecule has 5 heterocycles. The molecule has 0 spiro atoms. The summed E-state index contributed by atoms with van der Waals surface area (Å²) in [6.45, 7) is 65.2. The molecule has 682 valence electrons. The third-order valence-electron chi connectivity index (χ3n) is 18.4. The Kier molecular flexibility index (Phi) is 54.2.